The van der Waals surface area contributed by atoms with E-state index in [-0.39, 0.29) is 0 Å². The van der Waals surface area contributed by atoms with Crippen LogP contribution in [-0.2, 0) is 0 Å². The van der Waals surface area contributed by atoms with Crippen molar-refractivity contribution in [3.63, 3.8) is 0 Å². The lowest BCUT2D eigenvalue weighted by Gasteiger charge is -2.13. The van der Waals surface area contributed by atoms with Gasteiger partial charge >= 0.3 is 0 Å². The van der Waals surface area contributed by atoms with E-state index >= 15 is 0 Å². The van der Waals surface area contributed by atoms with E-state index in [9.17, 15) is 0 Å². The fourth-order valence-corrected chi connectivity index (χ4v) is 7.93. The van der Waals surface area contributed by atoms with Crippen LogP contribution in [0.2, 0.25) is 0 Å². The fourth-order valence-electron chi connectivity index (χ4n) is 7.93. The van der Waals surface area contributed by atoms with Crippen LogP contribution in [-0.4, -0.2) is 19.5 Å². The van der Waals surface area contributed by atoms with E-state index in [1.807, 2.05) is 48.5 Å². The molecule has 3 heterocycles. The normalized spacial score (nSPS) is 11.6. The minimum absolute atomic E-state index is 0.603. The number of nitrogens with zero attached hydrogens (tertiary/aromatic N) is 4. The summed E-state index contributed by atoms with van der Waals surface area (Å²) in [5, 5.41) is 4.45. The van der Waals surface area contributed by atoms with E-state index in [2.05, 4.69) is 150 Å². The van der Waals surface area contributed by atoms with Gasteiger partial charge in [0.25, 0.3) is 0 Å². The van der Waals surface area contributed by atoms with Crippen molar-refractivity contribution in [1.29, 1.82) is 0 Å². The minimum atomic E-state index is 0.603. The highest BCUT2D eigenvalue weighted by molar-refractivity contribution is 6.14. The van der Waals surface area contributed by atoms with Crippen molar-refractivity contribution in [2.75, 3.05) is 0 Å². The molecule has 8 aromatic carbocycles. The summed E-state index contributed by atoms with van der Waals surface area (Å²) in [6.45, 7) is 0. The van der Waals surface area contributed by atoms with Crippen LogP contribution in [0.5, 0.6) is 0 Å². The molecule has 0 amide bonds. The quantitative estimate of drug-likeness (QED) is 0.172. The van der Waals surface area contributed by atoms with E-state index < -0.39 is 0 Å². The molecule has 0 fully saturated rings. The summed E-state index contributed by atoms with van der Waals surface area (Å²) in [7, 11) is 0. The first kappa shape index (κ1) is 31.9. The van der Waals surface area contributed by atoms with Crippen molar-refractivity contribution in [2.24, 2.45) is 0 Å². The maximum absolute atomic E-state index is 6.72. The van der Waals surface area contributed by atoms with E-state index in [1.54, 1.807) is 0 Å². The molecular weight excluding hydrogens is 685 g/mol. The smallest absolute Gasteiger partial charge is 0.164 e. The number of hydrogen-bond donors (Lipinski definition) is 0. The molecule has 0 aliphatic carbocycles. The Hall–Kier alpha value is -7.63. The molecule has 5 heteroatoms. The molecule has 0 radical (unpaired) electrons. The molecule has 0 bridgehead atoms. The van der Waals surface area contributed by atoms with Gasteiger partial charge in [0.1, 0.15) is 5.58 Å². The number of benzene rings is 8. The molecule has 11 aromatic rings. The number of fused-ring (bicyclic) bond motifs is 6. The summed E-state index contributed by atoms with van der Waals surface area (Å²) in [4.78, 5) is 15.3. The third-order valence-corrected chi connectivity index (χ3v) is 10.7. The van der Waals surface area contributed by atoms with E-state index in [0.717, 1.165) is 82.8 Å². The number of aromatic nitrogens is 4. The zero-order chi connectivity index (χ0) is 37.0. The summed E-state index contributed by atoms with van der Waals surface area (Å²) in [5.41, 5.74) is 12.1. The van der Waals surface area contributed by atoms with Gasteiger partial charge in [-0.2, -0.15) is 0 Å². The molecule has 0 atom stereocenters. The van der Waals surface area contributed by atoms with Crippen molar-refractivity contribution in [3.8, 4) is 62.1 Å². The number of rotatable bonds is 6. The highest BCUT2D eigenvalue weighted by Crippen LogP contribution is 2.41. The van der Waals surface area contributed by atoms with Gasteiger partial charge in [-0.1, -0.05) is 164 Å². The van der Waals surface area contributed by atoms with Crippen LogP contribution in [0.1, 0.15) is 0 Å². The Morgan fingerprint density at radius 3 is 1.50 bits per heavy atom. The van der Waals surface area contributed by atoms with Crippen molar-refractivity contribution in [1.82, 2.24) is 19.5 Å². The lowest BCUT2D eigenvalue weighted by molar-refractivity contribution is 0.666. The van der Waals surface area contributed by atoms with Crippen LogP contribution in [0.25, 0.3) is 106 Å². The maximum atomic E-state index is 6.72. The first-order chi connectivity index (χ1) is 27.7. The summed E-state index contributed by atoms with van der Waals surface area (Å²) in [6, 6.07) is 67.4. The average molecular weight is 717 g/mol. The third kappa shape index (κ3) is 5.37. The van der Waals surface area contributed by atoms with E-state index in [0.29, 0.717) is 17.5 Å². The van der Waals surface area contributed by atoms with Crippen LogP contribution in [0.15, 0.2) is 199 Å². The van der Waals surface area contributed by atoms with Gasteiger partial charge in [-0.15, -0.1) is 0 Å². The predicted molar refractivity (Wildman–Crippen MR) is 229 cm³/mol. The molecule has 262 valence electrons. The Labute approximate surface area is 322 Å². The largest absolute Gasteiger partial charge is 0.454 e. The molecule has 0 unspecified atom stereocenters. The van der Waals surface area contributed by atoms with Gasteiger partial charge < -0.3 is 8.98 Å². The molecular formula is C51H32N4O. The SMILES string of the molecule is c1ccc(-c2ccc(-c3nc(-c4ccccc4)nc(-c4ccc5c6ccccc6n(-c6cc(-c7ccccc7)cc7c6oc6ccccc67)c5c4)n3)cc2)cc1. The second-order valence-electron chi connectivity index (χ2n) is 14.0. The molecule has 56 heavy (non-hydrogen) atoms. The van der Waals surface area contributed by atoms with Gasteiger partial charge in [-0.05, 0) is 52.6 Å². The molecule has 11 rings (SSSR count). The molecule has 0 N–H and O–H groups in total. The van der Waals surface area contributed by atoms with Gasteiger partial charge in [0, 0.05) is 38.2 Å². The minimum Gasteiger partial charge on any atom is -0.454 e. The Morgan fingerprint density at radius 1 is 0.321 bits per heavy atom. The maximum Gasteiger partial charge on any atom is 0.164 e. The Bertz CT molecular complexity index is 3220. The first-order valence-corrected chi connectivity index (χ1v) is 18.8. The fraction of sp³-hybridized carbons (Fsp3) is 0. The van der Waals surface area contributed by atoms with Crippen LogP contribution < -0.4 is 0 Å². The number of hydrogen-bond acceptors (Lipinski definition) is 4. The molecule has 0 aliphatic rings. The second-order valence-corrected chi connectivity index (χ2v) is 14.0. The summed E-state index contributed by atoms with van der Waals surface area (Å²) in [6.07, 6.45) is 0. The van der Waals surface area contributed by atoms with Crippen molar-refractivity contribution in [2.45, 2.75) is 0 Å². The highest BCUT2D eigenvalue weighted by atomic mass is 16.3. The van der Waals surface area contributed by atoms with Crippen LogP contribution in [0, 0.1) is 0 Å². The lowest BCUT2D eigenvalue weighted by Crippen LogP contribution is -2.00. The monoisotopic (exact) mass is 716 g/mol. The van der Waals surface area contributed by atoms with Crippen molar-refractivity contribution < 1.29 is 4.42 Å². The third-order valence-electron chi connectivity index (χ3n) is 10.7. The second kappa shape index (κ2) is 13.0. The van der Waals surface area contributed by atoms with Crippen LogP contribution in [0.3, 0.4) is 0 Å². The van der Waals surface area contributed by atoms with Crippen LogP contribution >= 0.6 is 0 Å². The van der Waals surface area contributed by atoms with Gasteiger partial charge in [0.2, 0.25) is 0 Å². The zero-order valence-electron chi connectivity index (χ0n) is 30.2. The number of para-hydroxylation sites is 2. The highest BCUT2D eigenvalue weighted by Gasteiger charge is 2.21. The predicted octanol–water partition coefficient (Wildman–Crippen LogP) is 13.2. The Morgan fingerprint density at radius 2 is 0.804 bits per heavy atom. The number of furan rings is 1. The van der Waals surface area contributed by atoms with Crippen molar-refractivity contribution >= 4 is 43.7 Å². The summed E-state index contributed by atoms with van der Waals surface area (Å²) in [5.74, 6) is 1.85. The molecule has 0 saturated carbocycles. The average Bonchev–Trinajstić information content (AvgIpc) is 3.82. The topological polar surface area (TPSA) is 56.7 Å². The van der Waals surface area contributed by atoms with Gasteiger partial charge in [-0.3, -0.25) is 0 Å². The zero-order valence-corrected chi connectivity index (χ0v) is 30.2. The Balaban J connectivity index is 1.14. The van der Waals surface area contributed by atoms with Gasteiger partial charge in [-0.25, -0.2) is 15.0 Å². The molecule has 3 aromatic heterocycles. The standard InChI is InChI=1S/C51H32N4O/c1-4-14-33(15-5-1)35-24-26-37(27-25-35)50-52-49(36-18-8-3-9-19-36)53-51(54-50)38-28-29-41-40-20-10-12-22-44(40)55(45(41)31-38)46-32-39(34-16-6-2-7-17-34)30-43-42-21-11-13-23-47(42)56-48(43)46/h1-32H. The molecule has 0 saturated heterocycles. The van der Waals surface area contributed by atoms with Gasteiger partial charge in [0.05, 0.1) is 16.7 Å². The summed E-state index contributed by atoms with van der Waals surface area (Å²) < 4.78 is 9.06. The van der Waals surface area contributed by atoms with Crippen molar-refractivity contribution in [3.05, 3.63) is 194 Å². The molecule has 0 spiro atoms. The lowest BCUT2D eigenvalue weighted by atomic mass is 10.0. The Kier molecular flexibility index (Phi) is 7.42. The first-order valence-electron chi connectivity index (χ1n) is 18.8. The van der Waals surface area contributed by atoms with Crippen LogP contribution in [0.4, 0.5) is 0 Å². The summed E-state index contributed by atoms with van der Waals surface area (Å²) >= 11 is 0. The van der Waals surface area contributed by atoms with Gasteiger partial charge in [0.15, 0.2) is 23.1 Å². The molecule has 5 nitrogen and oxygen atoms in total. The van der Waals surface area contributed by atoms with E-state index in [1.165, 1.54) is 5.56 Å². The van der Waals surface area contributed by atoms with E-state index in [4.69, 9.17) is 19.4 Å². The molecule has 0 aliphatic heterocycles.